The third kappa shape index (κ3) is 4.89. The van der Waals surface area contributed by atoms with Crippen LogP contribution in [-0.4, -0.2) is 18.5 Å². The van der Waals surface area contributed by atoms with Gasteiger partial charge in [0.2, 0.25) is 0 Å². The molecule has 0 bridgehead atoms. The predicted molar refractivity (Wildman–Crippen MR) is 72.2 cm³/mol. The molecule has 1 aromatic heterocycles. The lowest BCUT2D eigenvalue weighted by molar-refractivity contribution is 0.0953. The number of nitrogens with two attached hydrogens (primary N) is 1. The molecule has 1 atom stereocenters. The minimum Gasteiger partial charge on any atom is -0.352 e. The van der Waals surface area contributed by atoms with Crippen LogP contribution in [0.4, 0.5) is 0 Å². The molecule has 0 aliphatic carbocycles. The van der Waals surface area contributed by atoms with Crippen molar-refractivity contribution in [2.45, 2.75) is 19.4 Å². The van der Waals surface area contributed by atoms with Crippen LogP contribution in [0.5, 0.6) is 0 Å². The van der Waals surface area contributed by atoms with E-state index in [9.17, 15) is 4.79 Å². The second kappa shape index (κ2) is 7.35. The molecule has 0 aliphatic heterocycles. The van der Waals surface area contributed by atoms with Crippen LogP contribution in [0.25, 0.3) is 0 Å². The molecule has 1 heterocycles. The summed E-state index contributed by atoms with van der Waals surface area (Å²) in [7, 11) is 0. The molecule has 0 fully saturated rings. The molecule has 0 radical (unpaired) electrons. The minimum absolute atomic E-state index is 0. The van der Waals surface area contributed by atoms with Gasteiger partial charge in [0.05, 0.1) is 9.90 Å². The fraction of sp³-hybridized carbons (Fsp3) is 0.444. The van der Waals surface area contributed by atoms with Gasteiger partial charge in [-0.2, -0.15) is 0 Å². The van der Waals surface area contributed by atoms with Crippen LogP contribution in [-0.2, 0) is 0 Å². The van der Waals surface area contributed by atoms with E-state index in [2.05, 4.69) is 5.32 Å². The highest BCUT2D eigenvalue weighted by molar-refractivity contribution is 7.20. The first-order chi connectivity index (χ1) is 7.00. The topological polar surface area (TPSA) is 55.1 Å². The van der Waals surface area contributed by atoms with Crippen LogP contribution < -0.4 is 11.1 Å². The Morgan fingerprint density at radius 2 is 2.25 bits per heavy atom. The van der Waals surface area contributed by atoms with Gasteiger partial charge in [-0.25, -0.2) is 0 Å². The molecule has 1 aromatic rings. The highest BCUT2D eigenvalue weighted by Gasteiger charge is 2.13. The van der Waals surface area contributed by atoms with Crippen molar-refractivity contribution in [2.75, 3.05) is 6.54 Å². The summed E-state index contributed by atoms with van der Waals surface area (Å²) in [5.41, 5.74) is 5.98. The van der Waals surface area contributed by atoms with E-state index in [0.717, 1.165) is 6.42 Å². The number of rotatable bonds is 4. The lowest BCUT2D eigenvalue weighted by Crippen LogP contribution is -2.28. The summed E-state index contributed by atoms with van der Waals surface area (Å²) < 4.78 is 0.927. The number of hydrogen-bond acceptors (Lipinski definition) is 3. The van der Waals surface area contributed by atoms with E-state index < -0.39 is 0 Å². The zero-order valence-electron chi connectivity index (χ0n) is 8.63. The fourth-order valence-electron chi connectivity index (χ4n) is 1.00. The molecular weight excluding hydrogens is 291 g/mol. The molecule has 92 valence electrons. The maximum Gasteiger partial charge on any atom is 0.253 e. The van der Waals surface area contributed by atoms with E-state index in [0.29, 0.717) is 20.8 Å². The normalized spacial score (nSPS) is 11.8. The second-order valence-corrected chi connectivity index (χ2v) is 5.55. The smallest absolute Gasteiger partial charge is 0.253 e. The van der Waals surface area contributed by atoms with Gasteiger partial charge in [-0.3, -0.25) is 4.79 Å². The summed E-state index contributed by atoms with van der Waals surface area (Å²) in [6, 6.07) is 1.64. The predicted octanol–water partition coefficient (Wildman–Crippen LogP) is 2.94. The summed E-state index contributed by atoms with van der Waals surface area (Å²) in [4.78, 5) is 11.6. The van der Waals surface area contributed by atoms with Crippen molar-refractivity contribution in [1.82, 2.24) is 5.32 Å². The number of thiophene rings is 1. The molecule has 16 heavy (non-hydrogen) atoms. The van der Waals surface area contributed by atoms with Crippen molar-refractivity contribution in [3.8, 4) is 0 Å². The monoisotopic (exact) mass is 302 g/mol. The van der Waals surface area contributed by atoms with Crippen LogP contribution in [0, 0.1) is 0 Å². The van der Waals surface area contributed by atoms with Crippen molar-refractivity contribution in [1.29, 1.82) is 0 Å². The highest BCUT2D eigenvalue weighted by Crippen LogP contribution is 2.30. The van der Waals surface area contributed by atoms with Gasteiger partial charge in [-0.1, -0.05) is 23.2 Å². The second-order valence-electron chi connectivity index (χ2n) is 3.26. The Morgan fingerprint density at radius 1 is 1.62 bits per heavy atom. The molecule has 0 saturated heterocycles. The molecule has 0 aromatic carbocycles. The fourth-order valence-corrected chi connectivity index (χ4v) is 2.46. The van der Waals surface area contributed by atoms with Crippen LogP contribution in [0.3, 0.4) is 0 Å². The lowest BCUT2D eigenvalue weighted by Gasteiger charge is -2.06. The highest BCUT2D eigenvalue weighted by atomic mass is 35.5. The molecule has 0 saturated carbocycles. The zero-order chi connectivity index (χ0) is 11.4. The maximum absolute atomic E-state index is 11.6. The summed E-state index contributed by atoms with van der Waals surface area (Å²) in [5, 5.41) is 2.73. The first-order valence-corrected chi connectivity index (χ1v) is 6.06. The number of nitrogens with one attached hydrogen (secondary N) is 1. The number of hydrogen-bond donors (Lipinski definition) is 2. The molecule has 0 spiro atoms. The summed E-state index contributed by atoms with van der Waals surface area (Å²) in [6.45, 7) is 2.43. The Labute approximate surface area is 115 Å². The Hall–Kier alpha value is -0.000000000000000222. The Kier molecular flexibility index (Phi) is 7.35. The average molecular weight is 304 g/mol. The molecule has 0 aliphatic rings. The van der Waals surface area contributed by atoms with Gasteiger partial charge in [0, 0.05) is 12.6 Å². The summed E-state index contributed by atoms with van der Waals surface area (Å²) >= 11 is 12.7. The third-order valence-corrected chi connectivity index (χ3v) is 3.27. The Balaban J connectivity index is 0.00000225. The van der Waals surface area contributed by atoms with Gasteiger partial charge >= 0.3 is 0 Å². The van der Waals surface area contributed by atoms with E-state index in [1.807, 2.05) is 6.92 Å². The van der Waals surface area contributed by atoms with Gasteiger partial charge in [0.15, 0.2) is 0 Å². The quantitative estimate of drug-likeness (QED) is 0.898. The number of amides is 1. The van der Waals surface area contributed by atoms with Crippen LogP contribution in [0.2, 0.25) is 8.67 Å². The number of carbonyl (C=O) groups is 1. The average Bonchev–Trinajstić information content (AvgIpc) is 2.44. The lowest BCUT2D eigenvalue weighted by atomic mass is 10.2. The van der Waals surface area contributed by atoms with Crippen molar-refractivity contribution in [3.05, 3.63) is 20.3 Å². The third-order valence-electron chi connectivity index (χ3n) is 1.79. The van der Waals surface area contributed by atoms with E-state index in [-0.39, 0.29) is 24.4 Å². The van der Waals surface area contributed by atoms with Crippen LogP contribution in [0.15, 0.2) is 6.07 Å². The number of carbonyl (C=O) groups excluding carboxylic acids is 1. The van der Waals surface area contributed by atoms with Gasteiger partial charge in [-0.15, -0.1) is 23.7 Å². The Bertz CT molecular complexity index is 355. The van der Waals surface area contributed by atoms with Gasteiger partial charge in [0.25, 0.3) is 5.91 Å². The van der Waals surface area contributed by atoms with Gasteiger partial charge in [-0.05, 0) is 19.4 Å². The van der Waals surface area contributed by atoms with Crippen molar-refractivity contribution < 1.29 is 4.79 Å². The van der Waals surface area contributed by atoms with Crippen molar-refractivity contribution in [2.24, 2.45) is 5.73 Å². The first-order valence-electron chi connectivity index (χ1n) is 4.49. The van der Waals surface area contributed by atoms with Crippen molar-refractivity contribution in [3.63, 3.8) is 0 Å². The van der Waals surface area contributed by atoms with Gasteiger partial charge in [0.1, 0.15) is 4.34 Å². The van der Waals surface area contributed by atoms with Crippen LogP contribution in [0.1, 0.15) is 23.7 Å². The molecule has 7 heteroatoms. The van der Waals surface area contributed by atoms with Crippen molar-refractivity contribution >= 4 is 52.9 Å². The number of halogens is 3. The largest absolute Gasteiger partial charge is 0.352 e. The zero-order valence-corrected chi connectivity index (χ0v) is 11.8. The molecule has 3 N–H and O–H groups in total. The van der Waals surface area contributed by atoms with E-state index in [4.69, 9.17) is 28.9 Å². The molecule has 1 unspecified atom stereocenters. The molecule has 3 nitrogen and oxygen atoms in total. The van der Waals surface area contributed by atoms with Crippen LogP contribution >= 0.6 is 46.9 Å². The Morgan fingerprint density at radius 3 is 2.69 bits per heavy atom. The van der Waals surface area contributed by atoms with Gasteiger partial charge < -0.3 is 11.1 Å². The first kappa shape index (κ1) is 16.0. The molecular formula is C9H13Cl3N2OS. The standard InChI is InChI=1S/C9H12Cl2N2OS.ClH/c1-5(12)2-3-13-9(14)6-4-7(10)15-8(6)11;/h4-5H,2-3,12H2,1H3,(H,13,14);1H. The van der Waals surface area contributed by atoms with E-state index in [1.54, 1.807) is 6.07 Å². The minimum atomic E-state index is -0.205. The SMILES string of the molecule is CC(N)CCNC(=O)c1cc(Cl)sc1Cl.Cl. The summed E-state index contributed by atoms with van der Waals surface area (Å²) in [5.74, 6) is -0.205. The van der Waals surface area contributed by atoms with E-state index in [1.165, 1.54) is 11.3 Å². The maximum atomic E-state index is 11.6. The molecule has 1 rings (SSSR count). The van der Waals surface area contributed by atoms with E-state index >= 15 is 0 Å². The summed E-state index contributed by atoms with van der Waals surface area (Å²) in [6.07, 6.45) is 0.737. The molecule has 1 amide bonds.